The van der Waals surface area contributed by atoms with Gasteiger partial charge in [0.1, 0.15) is 0 Å². The van der Waals surface area contributed by atoms with Crippen LogP contribution in [-0.2, 0) is 16.4 Å². The van der Waals surface area contributed by atoms with Crippen molar-refractivity contribution in [1.29, 1.82) is 5.26 Å². The summed E-state index contributed by atoms with van der Waals surface area (Å²) in [4.78, 5) is 11.8. The molecule has 0 bridgehead atoms. The Balaban J connectivity index is 1.44. The molecule has 3 heterocycles. The lowest BCUT2D eigenvalue weighted by atomic mass is 10.0. The molecule has 0 saturated carbocycles. The van der Waals surface area contributed by atoms with Crippen molar-refractivity contribution >= 4 is 44.6 Å². The fourth-order valence-electron chi connectivity index (χ4n) is 5.30. The molecular formula is C33H31FN7O2S+. The first-order valence-electron chi connectivity index (χ1n) is 14.3. The molecule has 9 nitrogen and oxygen atoms in total. The van der Waals surface area contributed by atoms with E-state index in [4.69, 9.17) is 4.98 Å². The number of nitrogens with one attached hydrogen (secondary N) is 1. The molecule has 2 aromatic heterocycles. The van der Waals surface area contributed by atoms with Crippen molar-refractivity contribution in [1.82, 2.24) is 18.8 Å². The summed E-state index contributed by atoms with van der Waals surface area (Å²) >= 11 is 0. The molecule has 44 heavy (non-hydrogen) atoms. The van der Waals surface area contributed by atoms with E-state index in [-0.39, 0.29) is 22.9 Å². The van der Waals surface area contributed by atoms with E-state index in [0.717, 1.165) is 34.7 Å². The molecular weight excluding hydrogens is 577 g/mol. The van der Waals surface area contributed by atoms with Gasteiger partial charge in [-0.25, -0.2) is 17.4 Å². The smallest absolute Gasteiger partial charge is 0.269 e. The number of nitriles is 1. The molecule has 0 aliphatic carbocycles. The molecule has 222 valence electrons. The summed E-state index contributed by atoms with van der Waals surface area (Å²) in [6, 6.07) is 22.7. The molecule has 0 spiro atoms. The van der Waals surface area contributed by atoms with Crippen molar-refractivity contribution in [2.45, 2.75) is 25.2 Å². The molecule has 0 amide bonds. The molecule has 0 radical (unpaired) electrons. The SMILES string of the molecule is CCN1CC=[N+](c2ccc(Nc3nc(-c4cccc(CC#N)c4)c4ccn(S(=O)(=O)c5ccc(C)cc5)c4n3)cc2F)CC1. The topological polar surface area (TPSA) is 107 Å². The van der Waals surface area contributed by atoms with Gasteiger partial charge in [-0.15, -0.1) is 0 Å². The van der Waals surface area contributed by atoms with Crippen LogP contribution in [0.1, 0.15) is 18.1 Å². The highest BCUT2D eigenvalue weighted by molar-refractivity contribution is 7.90. The van der Waals surface area contributed by atoms with Crippen LogP contribution in [0.15, 0.2) is 83.9 Å². The Kier molecular flexibility index (Phi) is 7.95. The zero-order valence-electron chi connectivity index (χ0n) is 24.4. The molecule has 0 atom stereocenters. The zero-order valence-corrected chi connectivity index (χ0v) is 25.2. The first-order chi connectivity index (χ1) is 21.3. The summed E-state index contributed by atoms with van der Waals surface area (Å²) in [7, 11) is -3.99. The van der Waals surface area contributed by atoms with Crippen molar-refractivity contribution in [2.75, 3.05) is 31.5 Å². The first kappa shape index (κ1) is 29.2. The van der Waals surface area contributed by atoms with E-state index in [9.17, 15) is 13.7 Å². The third-order valence-electron chi connectivity index (χ3n) is 7.75. The van der Waals surface area contributed by atoms with Gasteiger partial charge in [-0.3, -0.25) is 4.90 Å². The van der Waals surface area contributed by atoms with Crippen molar-refractivity contribution in [3.63, 3.8) is 0 Å². The largest absolute Gasteiger partial charge is 0.324 e. The van der Waals surface area contributed by atoms with Gasteiger partial charge in [0.2, 0.25) is 11.6 Å². The van der Waals surface area contributed by atoms with E-state index >= 15 is 4.39 Å². The molecule has 6 rings (SSSR count). The predicted molar refractivity (Wildman–Crippen MR) is 169 cm³/mol. The fourth-order valence-corrected chi connectivity index (χ4v) is 6.60. The highest BCUT2D eigenvalue weighted by Gasteiger charge is 2.24. The molecule has 0 fully saturated rings. The fraction of sp³-hybridized carbons (Fsp3) is 0.212. The Morgan fingerprint density at radius 2 is 1.89 bits per heavy atom. The molecule has 3 aromatic carbocycles. The Morgan fingerprint density at radius 1 is 1.07 bits per heavy atom. The lowest BCUT2D eigenvalue weighted by molar-refractivity contribution is -0.445. The average Bonchev–Trinajstić information content (AvgIpc) is 3.46. The van der Waals surface area contributed by atoms with Gasteiger partial charge in [0.25, 0.3) is 10.0 Å². The summed E-state index contributed by atoms with van der Waals surface area (Å²) in [5, 5.41) is 12.8. The van der Waals surface area contributed by atoms with Gasteiger partial charge in [-0.1, -0.05) is 42.8 Å². The van der Waals surface area contributed by atoms with Gasteiger partial charge in [-0.2, -0.15) is 19.2 Å². The molecule has 1 N–H and O–H groups in total. The van der Waals surface area contributed by atoms with Crippen LogP contribution in [0.2, 0.25) is 0 Å². The lowest BCUT2D eigenvalue weighted by Crippen LogP contribution is -2.38. The Labute approximate surface area is 255 Å². The average molecular weight is 609 g/mol. The van der Waals surface area contributed by atoms with Crippen LogP contribution in [0.25, 0.3) is 22.3 Å². The summed E-state index contributed by atoms with van der Waals surface area (Å²) < 4.78 is 45.9. The van der Waals surface area contributed by atoms with Crippen LogP contribution in [-0.4, -0.2) is 64.2 Å². The van der Waals surface area contributed by atoms with Crippen LogP contribution in [0, 0.1) is 24.1 Å². The van der Waals surface area contributed by atoms with Crippen LogP contribution < -0.4 is 5.32 Å². The molecule has 0 unspecified atom stereocenters. The quantitative estimate of drug-likeness (QED) is 0.227. The van der Waals surface area contributed by atoms with Crippen molar-refractivity contribution in [3.8, 4) is 17.3 Å². The maximum atomic E-state index is 15.4. The monoisotopic (exact) mass is 608 g/mol. The number of aryl methyl sites for hydroxylation is 1. The molecule has 1 aliphatic heterocycles. The van der Waals surface area contributed by atoms with E-state index in [1.165, 1.54) is 12.3 Å². The number of halogens is 1. The number of hydrogen-bond donors (Lipinski definition) is 1. The number of likely N-dealkylation sites (N-methyl/N-ethyl adjacent to an activating group) is 1. The number of nitrogens with zero attached hydrogens (tertiary/aromatic N) is 6. The first-order valence-corrected chi connectivity index (χ1v) is 15.8. The third kappa shape index (κ3) is 5.69. The number of fused-ring (bicyclic) bond motifs is 1. The number of hydrogen-bond acceptors (Lipinski definition) is 7. The number of aromatic nitrogens is 3. The van der Waals surface area contributed by atoms with E-state index in [0.29, 0.717) is 34.6 Å². The van der Waals surface area contributed by atoms with E-state index < -0.39 is 15.8 Å². The normalized spacial score (nSPS) is 13.9. The second-order valence-electron chi connectivity index (χ2n) is 10.7. The summed E-state index contributed by atoms with van der Waals surface area (Å²) in [5.74, 6) is -0.292. The molecule has 0 saturated heterocycles. The summed E-state index contributed by atoms with van der Waals surface area (Å²) in [6.07, 6.45) is 3.67. The lowest BCUT2D eigenvalue weighted by Gasteiger charge is -2.20. The Hall–Kier alpha value is -4.92. The summed E-state index contributed by atoms with van der Waals surface area (Å²) in [5.41, 5.74) is 3.99. The van der Waals surface area contributed by atoms with Gasteiger partial charge in [0.15, 0.2) is 24.2 Å². The van der Waals surface area contributed by atoms with Crippen molar-refractivity contribution < 1.29 is 17.4 Å². The van der Waals surface area contributed by atoms with Crippen molar-refractivity contribution in [2.24, 2.45) is 0 Å². The van der Waals surface area contributed by atoms with Crippen LogP contribution in [0.3, 0.4) is 0 Å². The van der Waals surface area contributed by atoms with Gasteiger partial charge in [0, 0.05) is 35.0 Å². The van der Waals surface area contributed by atoms with Crippen molar-refractivity contribution in [3.05, 3.63) is 95.9 Å². The highest BCUT2D eigenvalue weighted by Crippen LogP contribution is 2.32. The van der Waals surface area contributed by atoms with Gasteiger partial charge in [-0.05, 0) is 49.4 Å². The molecule has 5 aromatic rings. The predicted octanol–water partition coefficient (Wildman–Crippen LogP) is 5.64. The Bertz CT molecular complexity index is 2050. The van der Waals surface area contributed by atoms with Crippen LogP contribution >= 0.6 is 0 Å². The van der Waals surface area contributed by atoms with Crippen LogP contribution in [0.4, 0.5) is 21.7 Å². The van der Waals surface area contributed by atoms with Gasteiger partial charge < -0.3 is 5.32 Å². The Morgan fingerprint density at radius 3 is 2.59 bits per heavy atom. The maximum absolute atomic E-state index is 15.4. The van der Waals surface area contributed by atoms with E-state index in [1.807, 2.05) is 42.0 Å². The van der Waals surface area contributed by atoms with Crippen LogP contribution in [0.5, 0.6) is 0 Å². The molecule has 1 aliphatic rings. The van der Waals surface area contributed by atoms with Gasteiger partial charge >= 0.3 is 0 Å². The maximum Gasteiger partial charge on any atom is 0.269 e. The van der Waals surface area contributed by atoms with Gasteiger partial charge in [0.05, 0.1) is 36.2 Å². The zero-order chi connectivity index (χ0) is 30.8. The minimum atomic E-state index is -3.99. The number of benzene rings is 3. The number of anilines is 2. The second-order valence-corrected chi connectivity index (χ2v) is 12.5. The molecule has 11 heteroatoms. The highest BCUT2D eigenvalue weighted by atomic mass is 32.2. The minimum Gasteiger partial charge on any atom is -0.324 e. The number of rotatable bonds is 8. The standard InChI is InChI=1S/C33H31FN7O2S/c1-3-39-17-19-40(20-18-39)30-12-9-26(22-29(30)34)36-33-37-31(25-6-4-5-24(21-25)13-15-35)28-14-16-41(32(28)38-33)44(42,43)27-10-7-23(2)8-11-27/h4-12,14,16,19,21-22H,3,13,17-18,20H2,1-2H3,(H,36,37,38)/q+1. The summed E-state index contributed by atoms with van der Waals surface area (Å²) in [6.45, 7) is 7.24. The third-order valence-corrected chi connectivity index (χ3v) is 9.43. The van der Waals surface area contributed by atoms with E-state index in [1.54, 1.807) is 42.5 Å². The van der Waals surface area contributed by atoms with E-state index in [2.05, 4.69) is 28.2 Å². The second kappa shape index (κ2) is 12.0. The minimum absolute atomic E-state index is 0.104.